The van der Waals surface area contributed by atoms with Gasteiger partial charge in [-0.05, 0) is 202 Å². The van der Waals surface area contributed by atoms with E-state index in [0.29, 0.717) is 0 Å². The fraction of sp³-hybridized carbons (Fsp3) is 0.189. The summed E-state index contributed by atoms with van der Waals surface area (Å²) in [6.07, 6.45) is 0. The molecule has 12 aromatic rings. The number of aromatic nitrogens is 1. The molecule has 4 heterocycles. The molecule has 386 valence electrons. The minimum atomic E-state index is -0.188. The standard InChI is InChI=1S/C74H66BN3O/c1-43-22-20-23-44(2)70(43)76-60-29-18-16-26-55(60)57-41-59-63(42-61(57)76)78(71-45(3)34-50(35-46(71)4)49-24-14-13-15-25-49)65-40-53(74(10,11)12)39-64-69(65)75(59)58-33-32-52(73(7,8)9)38-62(58)77(64)72-47(5)36-51(37-48(72)6)54-28-21-31-67-68(54)56-27-17-19-30-66(56)79-67/h13-42H,1-12H3. The summed E-state index contributed by atoms with van der Waals surface area (Å²) in [6.45, 7) is 27.9. The molecular weight excluding hydrogens is 958 g/mol. The van der Waals surface area contributed by atoms with E-state index in [1.54, 1.807) is 0 Å². The molecule has 0 aliphatic carbocycles. The van der Waals surface area contributed by atoms with Gasteiger partial charge in [0.05, 0.1) is 28.1 Å². The first-order valence-corrected chi connectivity index (χ1v) is 28.2. The summed E-state index contributed by atoms with van der Waals surface area (Å²) in [6, 6.07) is 68.9. The van der Waals surface area contributed by atoms with Gasteiger partial charge < -0.3 is 18.8 Å². The molecule has 2 aromatic heterocycles. The van der Waals surface area contributed by atoms with Gasteiger partial charge in [-0.3, -0.25) is 0 Å². The van der Waals surface area contributed by atoms with E-state index in [0.717, 1.165) is 21.9 Å². The maximum atomic E-state index is 6.46. The van der Waals surface area contributed by atoms with Gasteiger partial charge in [0.1, 0.15) is 11.2 Å². The van der Waals surface area contributed by atoms with Gasteiger partial charge in [0, 0.05) is 44.3 Å². The quantitative estimate of drug-likeness (QED) is 0.161. The predicted molar refractivity (Wildman–Crippen MR) is 339 cm³/mol. The Balaban J connectivity index is 1.10. The first kappa shape index (κ1) is 48.8. The van der Waals surface area contributed by atoms with E-state index < -0.39 is 0 Å². The number of anilines is 6. The maximum absolute atomic E-state index is 6.46. The molecule has 0 N–H and O–H groups in total. The second-order valence-corrected chi connectivity index (χ2v) is 24.9. The number of hydrogen-bond donors (Lipinski definition) is 0. The number of aryl methyl sites for hydroxylation is 6. The van der Waals surface area contributed by atoms with Crippen LogP contribution in [0.25, 0.3) is 71.7 Å². The highest BCUT2D eigenvalue weighted by Crippen LogP contribution is 2.51. The van der Waals surface area contributed by atoms with Crippen LogP contribution in [0, 0.1) is 41.5 Å². The Bertz CT molecular complexity index is 4470. The third-order valence-electron chi connectivity index (χ3n) is 17.5. The van der Waals surface area contributed by atoms with Crippen molar-refractivity contribution in [1.82, 2.24) is 4.57 Å². The van der Waals surface area contributed by atoms with Gasteiger partial charge in [-0.1, -0.05) is 157 Å². The minimum Gasteiger partial charge on any atom is -0.456 e. The summed E-state index contributed by atoms with van der Waals surface area (Å²) < 4.78 is 9.01. The van der Waals surface area contributed by atoms with Crippen molar-refractivity contribution in [2.24, 2.45) is 0 Å². The number of fused-ring (bicyclic) bond motifs is 10. The molecular formula is C74H66BN3O. The molecule has 0 saturated carbocycles. The lowest BCUT2D eigenvalue weighted by Crippen LogP contribution is -2.61. The van der Waals surface area contributed by atoms with Crippen LogP contribution in [-0.4, -0.2) is 11.3 Å². The Morgan fingerprint density at radius 3 is 1.56 bits per heavy atom. The van der Waals surface area contributed by atoms with E-state index in [9.17, 15) is 0 Å². The van der Waals surface area contributed by atoms with Crippen molar-refractivity contribution < 1.29 is 4.42 Å². The summed E-state index contributed by atoms with van der Waals surface area (Å²) in [5.74, 6) is 0. The van der Waals surface area contributed by atoms with E-state index in [-0.39, 0.29) is 17.5 Å². The van der Waals surface area contributed by atoms with Crippen molar-refractivity contribution >= 4 is 101 Å². The SMILES string of the molecule is Cc1cc(-c2cccc3oc4ccccc4c23)cc(C)c1N1c2cc(C(C)(C)C)ccc2B2c3cc4c5ccccc5n(-c5c(C)cccc5C)c4cc3N(c3c(C)cc(-c4ccccc4)cc3C)c3cc(C(C)(C)C)cc1c32. The number of nitrogens with zero attached hydrogens (tertiary/aromatic N) is 3. The van der Waals surface area contributed by atoms with Gasteiger partial charge in [0.25, 0.3) is 6.71 Å². The Hall–Kier alpha value is -8.54. The molecule has 4 nitrogen and oxygen atoms in total. The average Bonchev–Trinajstić information content (AvgIpc) is 3.56. The third kappa shape index (κ3) is 7.42. The smallest absolute Gasteiger partial charge is 0.252 e. The molecule has 0 atom stereocenters. The van der Waals surface area contributed by atoms with Crippen LogP contribution in [0.3, 0.4) is 0 Å². The topological polar surface area (TPSA) is 24.6 Å². The fourth-order valence-corrected chi connectivity index (χ4v) is 13.8. The molecule has 0 bridgehead atoms. The lowest BCUT2D eigenvalue weighted by molar-refractivity contribution is 0.590. The van der Waals surface area contributed by atoms with E-state index in [4.69, 9.17) is 4.42 Å². The molecule has 0 spiro atoms. The lowest BCUT2D eigenvalue weighted by atomic mass is 9.33. The number of rotatable bonds is 5. The second-order valence-electron chi connectivity index (χ2n) is 24.9. The molecule has 0 amide bonds. The summed E-state index contributed by atoms with van der Waals surface area (Å²) in [5, 5.41) is 4.82. The summed E-state index contributed by atoms with van der Waals surface area (Å²) >= 11 is 0. The van der Waals surface area contributed by atoms with Crippen molar-refractivity contribution in [2.75, 3.05) is 9.80 Å². The van der Waals surface area contributed by atoms with Crippen molar-refractivity contribution in [2.45, 2.75) is 93.9 Å². The molecule has 14 rings (SSSR count). The first-order chi connectivity index (χ1) is 37.9. The van der Waals surface area contributed by atoms with Crippen molar-refractivity contribution in [3.8, 4) is 27.9 Å². The van der Waals surface area contributed by atoms with E-state index in [1.165, 1.54) is 145 Å². The molecule has 0 saturated heterocycles. The highest BCUT2D eigenvalue weighted by Gasteiger charge is 2.46. The Morgan fingerprint density at radius 2 is 0.911 bits per heavy atom. The zero-order valence-corrected chi connectivity index (χ0v) is 47.6. The normalized spacial score (nSPS) is 13.2. The Kier molecular flexibility index (Phi) is 10.8. The molecule has 10 aromatic carbocycles. The minimum absolute atomic E-state index is 0.0756. The van der Waals surface area contributed by atoms with Gasteiger partial charge in [0.2, 0.25) is 0 Å². The van der Waals surface area contributed by atoms with Crippen LogP contribution in [0.1, 0.15) is 86.1 Å². The van der Waals surface area contributed by atoms with Crippen molar-refractivity contribution in [3.05, 3.63) is 226 Å². The lowest BCUT2D eigenvalue weighted by Gasteiger charge is -2.46. The van der Waals surface area contributed by atoms with Gasteiger partial charge in [0.15, 0.2) is 0 Å². The van der Waals surface area contributed by atoms with Crippen LogP contribution in [0.2, 0.25) is 0 Å². The number of furan rings is 1. The van der Waals surface area contributed by atoms with Crippen LogP contribution in [0.5, 0.6) is 0 Å². The maximum Gasteiger partial charge on any atom is 0.252 e. The van der Waals surface area contributed by atoms with Crippen LogP contribution in [-0.2, 0) is 10.8 Å². The van der Waals surface area contributed by atoms with Crippen LogP contribution in [0.4, 0.5) is 34.1 Å². The fourth-order valence-electron chi connectivity index (χ4n) is 13.8. The van der Waals surface area contributed by atoms with Gasteiger partial charge in [-0.15, -0.1) is 0 Å². The Labute approximate surface area is 465 Å². The molecule has 2 aliphatic heterocycles. The van der Waals surface area contributed by atoms with Gasteiger partial charge in [-0.25, -0.2) is 0 Å². The second kappa shape index (κ2) is 17.5. The number of para-hydroxylation sites is 3. The Morgan fingerprint density at radius 1 is 0.367 bits per heavy atom. The average molecular weight is 1020 g/mol. The zero-order chi connectivity index (χ0) is 54.6. The molecule has 79 heavy (non-hydrogen) atoms. The molecule has 2 aliphatic rings. The highest BCUT2D eigenvalue weighted by atomic mass is 16.3. The van der Waals surface area contributed by atoms with Crippen molar-refractivity contribution in [3.63, 3.8) is 0 Å². The van der Waals surface area contributed by atoms with Crippen molar-refractivity contribution in [1.29, 1.82) is 0 Å². The predicted octanol–water partition coefficient (Wildman–Crippen LogP) is 18.5. The first-order valence-electron chi connectivity index (χ1n) is 28.2. The summed E-state index contributed by atoms with van der Waals surface area (Å²) in [4.78, 5) is 5.35. The van der Waals surface area contributed by atoms with Gasteiger partial charge >= 0.3 is 0 Å². The monoisotopic (exact) mass is 1020 g/mol. The molecule has 0 unspecified atom stereocenters. The summed E-state index contributed by atoms with van der Waals surface area (Å²) in [5.41, 5.74) is 31.4. The van der Waals surface area contributed by atoms with E-state index in [1.807, 2.05) is 0 Å². The highest BCUT2D eigenvalue weighted by molar-refractivity contribution is 7.00. The van der Waals surface area contributed by atoms with Gasteiger partial charge in [-0.2, -0.15) is 0 Å². The molecule has 5 heteroatoms. The van der Waals surface area contributed by atoms with Crippen LogP contribution >= 0.6 is 0 Å². The third-order valence-corrected chi connectivity index (χ3v) is 17.5. The van der Waals surface area contributed by atoms with Crippen LogP contribution in [0.15, 0.2) is 186 Å². The zero-order valence-electron chi connectivity index (χ0n) is 47.6. The largest absolute Gasteiger partial charge is 0.456 e. The molecule has 0 fully saturated rings. The summed E-state index contributed by atoms with van der Waals surface area (Å²) in [7, 11) is 0. The number of benzene rings is 10. The van der Waals surface area contributed by atoms with E-state index in [2.05, 4.69) is 279 Å². The molecule has 0 radical (unpaired) electrons. The number of hydrogen-bond acceptors (Lipinski definition) is 3. The van der Waals surface area contributed by atoms with Crippen LogP contribution < -0.4 is 26.2 Å². The van der Waals surface area contributed by atoms with E-state index >= 15 is 0 Å².